The van der Waals surface area contributed by atoms with E-state index in [0.717, 1.165) is 6.20 Å². The Morgan fingerprint density at radius 3 is 2.78 bits per heavy atom. The summed E-state index contributed by atoms with van der Waals surface area (Å²) in [6, 6.07) is 1.50. The van der Waals surface area contributed by atoms with E-state index in [9.17, 15) is 4.39 Å². The van der Waals surface area contributed by atoms with Crippen LogP contribution >= 0.6 is 0 Å². The smallest absolute Gasteiger partial charge is 0.144 e. The zero-order chi connectivity index (χ0) is 6.85. The molecule has 2 nitrogen and oxygen atoms in total. The van der Waals surface area contributed by atoms with E-state index in [1.807, 2.05) is 0 Å². The lowest BCUT2D eigenvalue weighted by Crippen LogP contribution is -1.91. The van der Waals surface area contributed by atoms with Gasteiger partial charge in [0.1, 0.15) is 11.6 Å². The number of aromatic nitrogens is 1. The van der Waals surface area contributed by atoms with Crippen molar-refractivity contribution in [1.82, 2.24) is 4.98 Å². The van der Waals surface area contributed by atoms with Crippen LogP contribution in [0.5, 0.6) is 0 Å². The third-order valence-electron chi connectivity index (χ3n) is 1.07. The van der Waals surface area contributed by atoms with Crippen molar-refractivity contribution in [2.75, 3.05) is 5.73 Å². The summed E-state index contributed by atoms with van der Waals surface area (Å²) in [5.74, 6) is 0.0399. The number of hydrogen-bond acceptors (Lipinski definition) is 2. The summed E-state index contributed by atoms with van der Waals surface area (Å²) in [5.41, 5.74) is 5.78. The van der Waals surface area contributed by atoms with Gasteiger partial charge in [-0.2, -0.15) is 0 Å². The maximum absolute atomic E-state index is 12.4. The molecular formula is C6H7FN2. The van der Waals surface area contributed by atoms with Gasteiger partial charge in [0.2, 0.25) is 0 Å². The number of aryl methyl sites for hydroxylation is 1. The molecule has 1 aromatic heterocycles. The fraction of sp³-hybridized carbons (Fsp3) is 0.167. The molecule has 0 amide bonds. The van der Waals surface area contributed by atoms with E-state index in [0.29, 0.717) is 11.4 Å². The van der Waals surface area contributed by atoms with Crippen molar-refractivity contribution in [3.63, 3.8) is 0 Å². The largest absolute Gasteiger partial charge is 0.384 e. The van der Waals surface area contributed by atoms with Gasteiger partial charge >= 0.3 is 0 Å². The van der Waals surface area contributed by atoms with Crippen LogP contribution in [0.2, 0.25) is 0 Å². The van der Waals surface area contributed by atoms with Gasteiger partial charge in [0.25, 0.3) is 0 Å². The van der Waals surface area contributed by atoms with Gasteiger partial charge in [0.15, 0.2) is 0 Å². The van der Waals surface area contributed by atoms with Gasteiger partial charge in [0, 0.05) is 0 Å². The van der Waals surface area contributed by atoms with Crippen molar-refractivity contribution < 1.29 is 4.39 Å². The Balaban J connectivity index is 3.17. The van der Waals surface area contributed by atoms with E-state index in [1.54, 1.807) is 6.92 Å². The van der Waals surface area contributed by atoms with Crippen molar-refractivity contribution in [3.05, 3.63) is 23.6 Å². The molecule has 0 aromatic carbocycles. The molecule has 2 N–H and O–H groups in total. The molecule has 0 fully saturated rings. The van der Waals surface area contributed by atoms with Crippen molar-refractivity contribution in [3.8, 4) is 0 Å². The molecule has 0 aliphatic heterocycles. The standard InChI is InChI=1S/C6H7FN2/c1-4-2-6(8)9-3-5(4)7/h2-3H,1H3,(H2,8,9). The molecule has 0 unspecified atom stereocenters. The highest BCUT2D eigenvalue weighted by Gasteiger charge is 1.94. The lowest BCUT2D eigenvalue weighted by atomic mass is 10.3. The average Bonchev–Trinajstić information content (AvgIpc) is 1.80. The molecule has 0 aliphatic rings. The summed E-state index contributed by atoms with van der Waals surface area (Å²) in [6.07, 6.45) is 1.12. The van der Waals surface area contributed by atoms with E-state index in [1.165, 1.54) is 6.07 Å². The minimum atomic E-state index is -0.316. The summed E-state index contributed by atoms with van der Waals surface area (Å²) >= 11 is 0. The van der Waals surface area contributed by atoms with Crippen LogP contribution in [0.15, 0.2) is 12.3 Å². The molecule has 1 heterocycles. The molecule has 3 heteroatoms. The maximum atomic E-state index is 12.4. The topological polar surface area (TPSA) is 38.9 Å². The molecule has 1 rings (SSSR count). The summed E-state index contributed by atoms with van der Waals surface area (Å²) in [5, 5.41) is 0. The van der Waals surface area contributed by atoms with Crippen LogP contribution in [0.1, 0.15) is 5.56 Å². The first-order chi connectivity index (χ1) is 4.20. The molecule has 0 atom stereocenters. The number of halogens is 1. The number of nitrogens with two attached hydrogens (primary N) is 1. The zero-order valence-electron chi connectivity index (χ0n) is 5.06. The Hall–Kier alpha value is -1.12. The van der Waals surface area contributed by atoms with E-state index in [2.05, 4.69) is 4.98 Å². The van der Waals surface area contributed by atoms with E-state index in [4.69, 9.17) is 5.73 Å². The number of nitrogens with zero attached hydrogens (tertiary/aromatic N) is 1. The average molecular weight is 126 g/mol. The van der Waals surface area contributed by atoms with Gasteiger partial charge in [-0.25, -0.2) is 9.37 Å². The van der Waals surface area contributed by atoms with Crippen LogP contribution < -0.4 is 5.73 Å². The summed E-state index contributed by atoms with van der Waals surface area (Å²) in [7, 11) is 0. The Bertz CT molecular complexity index is 222. The third-order valence-corrected chi connectivity index (χ3v) is 1.07. The normalized spacial score (nSPS) is 9.56. The number of hydrogen-bond donors (Lipinski definition) is 1. The van der Waals surface area contributed by atoms with Crippen LogP contribution in [0.3, 0.4) is 0 Å². The number of rotatable bonds is 0. The summed E-state index contributed by atoms with van der Waals surface area (Å²) in [6.45, 7) is 1.65. The Morgan fingerprint density at radius 2 is 2.33 bits per heavy atom. The van der Waals surface area contributed by atoms with Crippen LogP contribution in [0, 0.1) is 12.7 Å². The van der Waals surface area contributed by atoms with Gasteiger partial charge in [-0.05, 0) is 18.6 Å². The predicted molar refractivity (Wildman–Crippen MR) is 33.3 cm³/mol. The van der Waals surface area contributed by atoms with Gasteiger partial charge in [-0.1, -0.05) is 0 Å². The molecule has 0 bridgehead atoms. The maximum Gasteiger partial charge on any atom is 0.144 e. The van der Waals surface area contributed by atoms with E-state index >= 15 is 0 Å². The van der Waals surface area contributed by atoms with Crippen LogP contribution in [-0.4, -0.2) is 4.98 Å². The van der Waals surface area contributed by atoms with Gasteiger partial charge < -0.3 is 5.73 Å². The van der Waals surface area contributed by atoms with Crippen molar-refractivity contribution in [2.45, 2.75) is 6.92 Å². The fourth-order valence-corrected chi connectivity index (χ4v) is 0.561. The number of anilines is 1. The monoisotopic (exact) mass is 126 g/mol. The lowest BCUT2D eigenvalue weighted by molar-refractivity contribution is 0.612. The number of nitrogen functional groups attached to an aromatic ring is 1. The van der Waals surface area contributed by atoms with Gasteiger partial charge in [-0.3, -0.25) is 0 Å². The number of pyridine rings is 1. The second-order valence-corrected chi connectivity index (χ2v) is 1.86. The molecule has 48 valence electrons. The highest BCUT2D eigenvalue weighted by atomic mass is 19.1. The summed E-state index contributed by atoms with van der Waals surface area (Å²) in [4.78, 5) is 3.54. The fourth-order valence-electron chi connectivity index (χ4n) is 0.561. The third kappa shape index (κ3) is 1.16. The van der Waals surface area contributed by atoms with Gasteiger partial charge in [-0.15, -0.1) is 0 Å². The molecule has 9 heavy (non-hydrogen) atoms. The molecule has 0 spiro atoms. The molecular weight excluding hydrogens is 119 g/mol. The minimum Gasteiger partial charge on any atom is -0.384 e. The van der Waals surface area contributed by atoms with E-state index in [-0.39, 0.29) is 5.82 Å². The van der Waals surface area contributed by atoms with Crippen LogP contribution in [-0.2, 0) is 0 Å². The Labute approximate surface area is 52.5 Å². The van der Waals surface area contributed by atoms with Crippen LogP contribution in [0.4, 0.5) is 10.2 Å². The minimum absolute atomic E-state index is 0.316. The molecule has 0 saturated heterocycles. The second kappa shape index (κ2) is 2.01. The predicted octanol–water partition coefficient (Wildman–Crippen LogP) is 1.11. The van der Waals surface area contributed by atoms with Crippen LogP contribution in [0.25, 0.3) is 0 Å². The summed E-state index contributed by atoms with van der Waals surface area (Å²) < 4.78 is 12.4. The Kier molecular flexibility index (Phi) is 1.34. The first-order valence-corrected chi connectivity index (χ1v) is 2.58. The van der Waals surface area contributed by atoms with E-state index < -0.39 is 0 Å². The Morgan fingerprint density at radius 1 is 1.67 bits per heavy atom. The highest BCUT2D eigenvalue weighted by Crippen LogP contribution is 2.05. The first kappa shape index (κ1) is 6.01. The SMILES string of the molecule is Cc1cc(N)ncc1F. The zero-order valence-corrected chi connectivity index (χ0v) is 5.06. The second-order valence-electron chi connectivity index (χ2n) is 1.86. The quantitative estimate of drug-likeness (QED) is 0.565. The van der Waals surface area contributed by atoms with Crippen molar-refractivity contribution in [2.24, 2.45) is 0 Å². The molecule has 0 saturated carbocycles. The van der Waals surface area contributed by atoms with Gasteiger partial charge in [0.05, 0.1) is 6.20 Å². The van der Waals surface area contributed by atoms with Crippen molar-refractivity contribution in [1.29, 1.82) is 0 Å². The lowest BCUT2D eigenvalue weighted by Gasteiger charge is -1.94. The van der Waals surface area contributed by atoms with Crippen molar-refractivity contribution >= 4 is 5.82 Å². The molecule has 1 aromatic rings. The molecule has 0 radical (unpaired) electrons. The highest BCUT2D eigenvalue weighted by molar-refractivity contribution is 5.31. The molecule has 0 aliphatic carbocycles. The first-order valence-electron chi connectivity index (χ1n) is 2.58.